The van der Waals surface area contributed by atoms with Crippen LogP contribution in [0.2, 0.25) is 0 Å². The molecule has 0 spiro atoms. The highest BCUT2D eigenvalue weighted by Crippen LogP contribution is 2.24. The number of rotatable bonds is 8. The molecule has 0 aromatic heterocycles. The van der Waals surface area contributed by atoms with Crippen molar-refractivity contribution in [3.63, 3.8) is 0 Å². The summed E-state index contributed by atoms with van der Waals surface area (Å²) < 4.78 is 5.11. The zero-order valence-electron chi connectivity index (χ0n) is 14.0. The molecular formula is C16H30N2O4. The van der Waals surface area contributed by atoms with E-state index in [9.17, 15) is 9.59 Å². The van der Waals surface area contributed by atoms with Crippen LogP contribution in [-0.2, 0) is 9.53 Å². The number of carboxylic acid groups (broad SMARTS) is 1. The van der Waals surface area contributed by atoms with E-state index < -0.39 is 5.97 Å². The van der Waals surface area contributed by atoms with Crippen LogP contribution in [0.3, 0.4) is 0 Å². The number of hydrogen-bond donors (Lipinski definition) is 2. The molecule has 22 heavy (non-hydrogen) atoms. The minimum atomic E-state index is -0.719. The average Bonchev–Trinajstić information content (AvgIpc) is 2.51. The summed E-state index contributed by atoms with van der Waals surface area (Å²) in [5, 5.41) is 12.1. The summed E-state index contributed by atoms with van der Waals surface area (Å²) >= 11 is 0. The summed E-state index contributed by atoms with van der Waals surface area (Å²) in [5.41, 5.74) is 0. The first-order valence-electron chi connectivity index (χ1n) is 8.32. The summed E-state index contributed by atoms with van der Waals surface area (Å²) in [5.74, 6) is -0.972. The number of carboxylic acids is 1. The van der Waals surface area contributed by atoms with E-state index in [4.69, 9.17) is 9.84 Å². The molecule has 0 aromatic rings. The number of aliphatic carboxylic acids is 1. The largest absolute Gasteiger partial charge is 0.481 e. The van der Waals surface area contributed by atoms with Crippen LogP contribution in [0.1, 0.15) is 52.4 Å². The molecule has 0 heterocycles. The molecule has 1 fully saturated rings. The maximum absolute atomic E-state index is 12.5. The van der Waals surface area contributed by atoms with Gasteiger partial charge in [-0.1, -0.05) is 13.8 Å². The van der Waals surface area contributed by atoms with Gasteiger partial charge >= 0.3 is 12.0 Å². The van der Waals surface area contributed by atoms with Gasteiger partial charge in [-0.2, -0.15) is 0 Å². The minimum absolute atomic E-state index is 0.0514. The molecule has 0 aliphatic heterocycles. The third kappa shape index (κ3) is 5.48. The van der Waals surface area contributed by atoms with E-state index in [2.05, 4.69) is 19.2 Å². The Bertz CT molecular complexity index is 350. The van der Waals surface area contributed by atoms with Gasteiger partial charge in [0.1, 0.15) is 0 Å². The second-order valence-corrected chi connectivity index (χ2v) is 5.99. The van der Waals surface area contributed by atoms with Gasteiger partial charge in [0.2, 0.25) is 0 Å². The van der Waals surface area contributed by atoms with E-state index in [1.165, 1.54) is 0 Å². The van der Waals surface area contributed by atoms with Crippen LogP contribution < -0.4 is 5.32 Å². The highest BCUT2D eigenvalue weighted by atomic mass is 16.5. The Morgan fingerprint density at radius 2 is 1.82 bits per heavy atom. The van der Waals surface area contributed by atoms with Crippen LogP contribution in [-0.4, -0.2) is 54.4 Å². The Morgan fingerprint density at radius 3 is 2.27 bits per heavy atom. The van der Waals surface area contributed by atoms with Crippen molar-refractivity contribution in [2.24, 2.45) is 5.92 Å². The van der Waals surface area contributed by atoms with Crippen LogP contribution in [0, 0.1) is 5.92 Å². The first-order valence-corrected chi connectivity index (χ1v) is 8.32. The Morgan fingerprint density at radius 1 is 1.23 bits per heavy atom. The van der Waals surface area contributed by atoms with Crippen LogP contribution >= 0.6 is 0 Å². The van der Waals surface area contributed by atoms with Gasteiger partial charge in [0.25, 0.3) is 0 Å². The van der Waals surface area contributed by atoms with Crippen molar-refractivity contribution in [2.45, 2.75) is 64.5 Å². The van der Waals surface area contributed by atoms with E-state index in [0.29, 0.717) is 26.0 Å². The minimum Gasteiger partial charge on any atom is -0.481 e. The zero-order valence-corrected chi connectivity index (χ0v) is 14.0. The Balaban J connectivity index is 2.54. The number of methoxy groups -OCH3 is 1. The van der Waals surface area contributed by atoms with Crippen LogP contribution in [0.4, 0.5) is 4.79 Å². The Kier molecular flexibility index (Phi) is 8.24. The molecule has 1 saturated carbocycles. The molecule has 0 bridgehead atoms. The van der Waals surface area contributed by atoms with Crippen LogP contribution in [0.25, 0.3) is 0 Å². The van der Waals surface area contributed by atoms with E-state index >= 15 is 0 Å². The van der Waals surface area contributed by atoms with Gasteiger partial charge in [0.05, 0.1) is 12.5 Å². The van der Waals surface area contributed by atoms with Gasteiger partial charge in [-0.25, -0.2) is 4.79 Å². The number of nitrogens with one attached hydrogen (secondary N) is 1. The van der Waals surface area contributed by atoms with Crippen LogP contribution in [0.15, 0.2) is 0 Å². The lowest BCUT2D eigenvalue weighted by atomic mass is 9.86. The summed E-state index contributed by atoms with van der Waals surface area (Å²) in [4.78, 5) is 25.4. The third-order valence-corrected chi connectivity index (χ3v) is 4.58. The molecule has 6 heteroatoms. The predicted molar refractivity (Wildman–Crippen MR) is 84.9 cm³/mol. The van der Waals surface area contributed by atoms with E-state index in [0.717, 1.165) is 25.7 Å². The number of nitrogens with zero attached hydrogens (tertiary/aromatic N) is 1. The average molecular weight is 314 g/mol. The molecular weight excluding hydrogens is 284 g/mol. The van der Waals surface area contributed by atoms with Gasteiger partial charge < -0.3 is 20.1 Å². The Hall–Kier alpha value is -1.30. The number of urea groups is 1. The van der Waals surface area contributed by atoms with Crippen molar-refractivity contribution in [1.29, 1.82) is 0 Å². The normalized spacial score (nSPS) is 21.6. The lowest BCUT2D eigenvalue weighted by Gasteiger charge is -2.34. The number of carbonyl (C=O) groups excluding carboxylic acids is 1. The summed E-state index contributed by atoms with van der Waals surface area (Å²) in [7, 11) is 1.64. The molecule has 0 unspecified atom stereocenters. The fourth-order valence-electron chi connectivity index (χ4n) is 3.11. The topological polar surface area (TPSA) is 78.9 Å². The van der Waals surface area contributed by atoms with E-state index in [1.54, 1.807) is 7.11 Å². The maximum Gasteiger partial charge on any atom is 0.317 e. The van der Waals surface area contributed by atoms with Gasteiger partial charge in [-0.05, 0) is 38.5 Å². The fourth-order valence-corrected chi connectivity index (χ4v) is 3.11. The highest BCUT2D eigenvalue weighted by molar-refractivity contribution is 5.75. The molecule has 1 aliphatic carbocycles. The van der Waals surface area contributed by atoms with Crippen molar-refractivity contribution in [3.8, 4) is 0 Å². The smallest absolute Gasteiger partial charge is 0.317 e. The monoisotopic (exact) mass is 314 g/mol. The Labute approximate surface area is 133 Å². The van der Waals surface area contributed by atoms with Gasteiger partial charge in [0, 0.05) is 25.7 Å². The number of hydrogen-bond acceptors (Lipinski definition) is 3. The summed E-state index contributed by atoms with van der Waals surface area (Å²) in [6.07, 6.45) is 4.60. The lowest BCUT2D eigenvalue weighted by molar-refractivity contribution is -0.142. The quantitative estimate of drug-likeness (QED) is 0.721. The molecule has 0 aromatic carbocycles. The third-order valence-electron chi connectivity index (χ3n) is 4.58. The first-order chi connectivity index (χ1) is 10.5. The maximum atomic E-state index is 12.5. The second-order valence-electron chi connectivity index (χ2n) is 5.99. The number of ether oxygens (including phenoxy) is 1. The molecule has 0 saturated heterocycles. The number of amides is 2. The number of carbonyl (C=O) groups is 2. The van der Waals surface area contributed by atoms with Crippen LogP contribution in [0.5, 0.6) is 0 Å². The van der Waals surface area contributed by atoms with Crippen molar-refractivity contribution >= 4 is 12.0 Å². The molecule has 0 atom stereocenters. The lowest BCUT2D eigenvalue weighted by Crippen LogP contribution is -2.51. The standard InChI is InChI=1S/C16H30N2O4/c1-4-14(5-2)18(10-11-22-3)16(21)17-13-8-6-12(7-9-13)15(19)20/h12-14H,4-11H2,1-3H3,(H,17,21)(H,19,20). The second kappa shape index (κ2) is 9.66. The first kappa shape index (κ1) is 18.7. The fraction of sp³-hybridized carbons (Fsp3) is 0.875. The van der Waals surface area contributed by atoms with Gasteiger partial charge in [0.15, 0.2) is 0 Å². The van der Waals surface area contributed by atoms with Gasteiger partial charge in [-0.15, -0.1) is 0 Å². The molecule has 128 valence electrons. The summed E-state index contributed by atoms with van der Waals surface area (Å²) in [6, 6.07) is 0.248. The van der Waals surface area contributed by atoms with E-state index in [-0.39, 0.29) is 24.0 Å². The van der Waals surface area contributed by atoms with E-state index in [1.807, 2.05) is 4.90 Å². The molecule has 2 amide bonds. The van der Waals surface area contributed by atoms with Crippen molar-refractivity contribution in [2.75, 3.05) is 20.3 Å². The van der Waals surface area contributed by atoms with Crippen molar-refractivity contribution in [3.05, 3.63) is 0 Å². The summed E-state index contributed by atoms with van der Waals surface area (Å²) in [6.45, 7) is 5.27. The molecule has 1 aliphatic rings. The highest BCUT2D eigenvalue weighted by Gasteiger charge is 2.28. The molecule has 0 radical (unpaired) electrons. The zero-order chi connectivity index (χ0) is 16.5. The molecule has 6 nitrogen and oxygen atoms in total. The van der Waals surface area contributed by atoms with Crippen molar-refractivity contribution < 1.29 is 19.4 Å². The predicted octanol–water partition coefficient (Wildman–Crippen LogP) is 2.48. The molecule has 1 rings (SSSR count). The van der Waals surface area contributed by atoms with Crippen molar-refractivity contribution in [1.82, 2.24) is 10.2 Å². The van der Waals surface area contributed by atoms with Gasteiger partial charge in [-0.3, -0.25) is 4.79 Å². The SMILES string of the molecule is CCC(CC)N(CCOC)C(=O)NC1CCC(C(=O)O)CC1. The molecule has 2 N–H and O–H groups in total.